The molecule has 1 aliphatic heterocycles. The molecule has 1 aromatic heterocycles. The van der Waals surface area contributed by atoms with Gasteiger partial charge in [-0.2, -0.15) is 5.10 Å². The first-order valence-electron chi connectivity index (χ1n) is 10.6. The number of anilines is 1. The van der Waals surface area contributed by atoms with Crippen molar-refractivity contribution in [2.45, 2.75) is 26.2 Å². The van der Waals surface area contributed by atoms with Gasteiger partial charge in [0.15, 0.2) is 0 Å². The second-order valence-corrected chi connectivity index (χ2v) is 7.93. The topological polar surface area (TPSA) is 85.3 Å². The van der Waals surface area contributed by atoms with Gasteiger partial charge in [-0.15, -0.1) is 11.3 Å². The Bertz CT molecular complexity index is 819. The summed E-state index contributed by atoms with van der Waals surface area (Å²) in [6.45, 7) is 7.76. The van der Waals surface area contributed by atoms with Crippen molar-refractivity contribution in [3.63, 3.8) is 0 Å². The minimum absolute atomic E-state index is 0.171. The molecule has 9 heteroatoms. The number of hydrogen-bond acceptors (Lipinski definition) is 9. The highest BCUT2D eigenvalue weighted by molar-refractivity contribution is 7.13. The van der Waals surface area contributed by atoms with Crippen LogP contribution in [-0.2, 0) is 20.7 Å². The van der Waals surface area contributed by atoms with E-state index in [1.807, 2.05) is 29.6 Å². The third-order valence-electron chi connectivity index (χ3n) is 4.68. The fourth-order valence-electron chi connectivity index (χ4n) is 3.06. The molecule has 1 saturated heterocycles. The molecule has 1 aliphatic rings. The summed E-state index contributed by atoms with van der Waals surface area (Å²) in [7, 11) is 0. The van der Waals surface area contributed by atoms with E-state index < -0.39 is 0 Å². The Morgan fingerprint density at radius 2 is 2.10 bits per heavy atom. The van der Waals surface area contributed by atoms with Gasteiger partial charge in [-0.05, 0) is 56.1 Å². The molecule has 0 aliphatic carbocycles. The number of hydrogen-bond donors (Lipinski definition) is 1. The molecular weight excluding hydrogens is 416 g/mol. The van der Waals surface area contributed by atoms with E-state index in [0.717, 1.165) is 63.6 Å². The third kappa shape index (κ3) is 8.64. The van der Waals surface area contributed by atoms with Crippen molar-refractivity contribution in [3.05, 3.63) is 40.9 Å². The van der Waals surface area contributed by atoms with Crippen LogP contribution in [0.5, 0.6) is 5.75 Å². The molecule has 1 aromatic carbocycles. The number of rotatable bonds is 12. The number of ether oxygens (including phenoxy) is 3. The van der Waals surface area contributed by atoms with Gasteiger partial charge in [0.2, 0.25) is 5.13 Å². The largest absolute Gasteiger partial charge is 0.494 e. The lowest BCUT2D eigenvalue weighted by molar-refractivity contribution is -0.142. The molecule has 0 spiro atoms. The van der Waals surface area contributed by atoms with E-state index in [4.69, 9.17) is 14.2 Å². The van der Waals surface area contributed by atoms with E-state index >= 15 is 0 Å². The van der Waals surface area contributed by atoms with Gasteiger partial charge in [0, 0.05) is 18.5 Å². The number of morpholine rings is 1. The van der Waals surface area contributed by atoms with Gasteiger partial charge in [0.05, 0.1) is 44.8 Å². The molecule has 0 bridgehead atoms. The Labute approximate surface area is 187 Å². The van der Waals surface area contributed by atoms with Crippen LogP contribution in [0.15, 0.2) is 34.7 Å². The zero-order chi connectivity index (χ0) is 21.7. The summed E-state index contributed by atoms with van der Waals surface area (Å²) < 4.78 is 16.1. The number of thiazole rings is 1. The van der Waals surface area contributed by atoms with Crippen molar-refractivity contribution in [2.75, 3.05) is 51.5 Å². The number of carbonyl (C=O) groups is 1. The lowest BCUT2D eigenvalue weighted by Gasteiger charge is -2.26. The van der Waals surface area contributed by atoms with Gasteiger partial charge in [-0.25, -0.2) is 4.98 Å². The number of nitrogens with one attached hydrogen (secondary N) is 1. The normalized spacial score (nSPS) is 14.6. The van der Waals surface area contributed by atoms with Gasteiger partial charge < -0.3 is 14.2 Å². The zero-order valence-electron chi connectivity index (χ0n) is 17.9. The van der Waals surface area contributed by atoms with E-state index in [-0.39, 0.29) is 12.4 Å². The molecule has 1 fully saturated rings. The number of aromatic nitrogens is 1. The predicted octanol–water partition coefficient (Wildman–Crippen LogP) is 3.19. The van der Waals surface area contributed by atoms with Crippen LogP contribution in [-0.4, -0.2) is 68.1 Å². The van der Waals surface area contributed by atoms with Crippen molar-refractivity contribution >= 4 is 28.7 Å². The second kappa shape index (κ2) is 13.0. The van der Waals surface area contributed by atoms with Crippen LogP contribution in [0, 0.1) is 0 Å². The average molecular weight is 447 g/mol. The summed E-state index contributed by atoms with van der Waals surface area (Å²) in [6.07, 6.45) is 4.06. The number of hydrazone groups is 1. The third-order valence-corrected chi connectivity index (χ3v) is 5.47. The maximum absolute atomic E-state index is 11.5. The maximum Gasteiger partial charge on any atom is 0.311 e. The summed E-state index contributed by atoms with van der Waals surface area (Å²) in [5, 5.41) is 6.66. The van der Waals surface area contributed by atoms with Crippen LogP contribution in [0.25, 0.3) is 0 Å². The van der Waals surface area contributed by atoms with E-state index in [2.05, 4.69) is 20.4 Å². The fraction of sp³-hybridized carbons (Fsp3) is 0.500. The van der Waals surface area contributed by atoms with Gasteiger partial charge in [0.25, 0.3) is 0 Å². The van der Waals surface area contributed by atoms with E-state index in [0.29, 0.717) is 17.4 Å². The lowest BCUT2D eigenvalue weighted by atomic mass is 10.2. The molecule has 31 heavy (non-hydrogen) atoms. The van der Waals surface area contributed by atoms with Crippen molar-refractivity contribution in [1.29, 1.82) is 0 Å². The Morgan fingerprint density at radius 3 is 2.87 bits per heavy atom. The number of benzene rings is 1. The SMILES string of the molecule is CCOC(=O)Cc1csc(NN=Cc2ccc(OCCCCN3CCOCC3)cc2)n1. The summed E-state index contributed by atoms with van der Waals surface area (Å²) in [5.41, 5.74) is 4.52. The first-order chi connectivity index (χ1) is 15.2. The molecule has 168 valence electrons. The molecular formula is C22H30N4O4S. The quantitative estimate of drug-likeness (QED) is 0.232. The van der Waals surface area contributed by atoms with Crippen molar-refractivity contribution < 1.29 is 19.0 Å². The van der Waals surface area contributed by atoms with Gasteiger partial charge in [0.1, 0.15) is 5.75 Å². The molecule has 8 nitrogen and oxygen atoms in total. The van der Waals surface area contributed by atoms with Crippen LogP contribution in [0.2, 0.25) is 0 Å². The number of esters is 1. The first kappa shape index (κ1) is 23.2. The van der Waals surface area contributed by atoms with Crippen LogP contribution in [0.3, 0.4) is 0 Å². The summed E-state index contributed by atoms with van der Waals surface area (Å²) >= 11 is 1.40. The molecule has 0 unspecified atom stereocenters. The van der Waals surface area contributed by atoms with Crippen molar-refractivity contribution in [2.24, 2.45) is 5.10 Å². The Hall–Kier alpha value is -2.49. The Kier molecular flexibility index (Phi) is 9.75. The Morgan fingerprint density at radius 1 is 1.29 bits per heavy atom. The molecule has 2 heterocycles. The highest BCUT2D eigenvalue weighted by Gasteiger charge is 2.09. The molecule has 0 atom stereocenters. The first-order valence-corrected chi connectivity index (χ1v) is 11.5. The molecule has 0 radical (unpaired) electrons. The maximum atomic E-state index is 11.5. The number of nitrogens with zero attached hydrogens (tertiary/aromatic N) is 3. The standard InChI is InChI=1S/C22H30N4O4S/c1-2-29-21(27)15-19-17-31-22(24-19)25-23-16-18-5-7-20(8-6-18)30-12-4-3-9-26-10-13-28-14-11-26/h5-8,16-17H,2-4,9-15H2,1H3,(H,24,25). The minimum atomic E-state index is -0.276. The van der Waals surface area contributed by atoms with Crippen LogP contribution in [0.1, 0.15) is 31.0 Å². The summed E-state index contributed by atoms with van der Waals surface area (Å²) in [6, 6.07) is 7.82. The molecule has 0 saturated carbocycles. The van der Waals surface area contributed by atoms with Crippen LogP contribution in [0.4, 0.5) is 5.13 Å². The van der Waals surface area contributed by atoms with Crippen LogP contribution >= 0.6 is 11.3 Å². The lowest BCUT2D eigenvalue weighted by Crippen LogP contribution is -2.36. The molecule has 1 N–H and O–H groups in total. The molecule has 0 amide bonds. The van der Waals surface area contributed by atoms with E-state index in [1.165, 1.54) is 11.3 Å². The number of carbonyl (C=O) groups excluding carboxylic acids is 1. The smallest absolute Gasteiger partial charge is 0.311 e. The highest BCUT2D eigenvalue weighted by Crippen LogP contribution is 2.16. The second-order valence-electron chi connectivity index (χ2n) is 7.07. The summed E-state index contributed by atoms with van der Waals surface area (Å²) in [5.74, 6) is 0.585. The van der Waals surface area contributed by atoms with Crippen LogP contribution < -0.4 is 10.2 Å². The fourth-order valence-corrected chi connectivity index (χ4v) is 3.72. The van der Waals surface area contributed by atoms with E-state index in [9.17, 15) is 4.79 Å². The minimum Gasteiger partial charge on any atom is -0.494 e. The molecule has 3 rings (SSSR count). The summed E-state index contributed by atoms with van der Waals surface area (Å²) in [4.78, 5) is 18.3. The van der Waals surface area contributed by atoms with Crippen molar-refractivity contribution in [3.8, 4) is 5.75 Å². The van der Waals surface area contributed by atoms with Gasteiger partial charge >= 0.3 is 5.97 Å². The molecule has 2 aromatic rings. The predicted molar refractivity (Wildman–Crippen MR) is 122 cm³/mol. The van der Waals surface area contributed by atoms with Gasteiger partial charge in [-0.3, -0.25) is 15.1 Å². The Balaban J connectivity index is 1.33. The van der Waals surface area contributed by atoms with E-state index in [1.54, 1.807) is 13.1 Å². The van der Waals surface area contributed by atoms with Crippen molar-refractivity contribution in [1.82, 2.24) is 9.88 Å². The monoisotopic (exact) mass is 446 g/mol. The number of unbranched alkanes of at least 4 members (excludes halogenated alkanes) is 1. The zero-order valence-corrected chi connectivity index (χ0v) is 18.7. The van der Waals surface area contributed by atoms with Gasteiger partial charge in [-0.1, -0.05) is 0 Å². The average Bonchev–Trinajstić information content (AvgIpc) is 3.22. The highest BCUT2D eigenvalue weighted by atomic mass is 32.1.